The number of aromatic nitrogens is 2. The maximum Gasteiger partial charge on any atom is 0.282 e. The summed E-state index contributed by atoms with van der Waals surface area (Å²) in [5.74, 6) is -0.515. The van der Waals surface area contributed by atoms with E-state index in [4.69, 9.17) is 0 Å². The van der Waals surface area contributed by atoms with Gasteiger partial charge in [0, 0.05) is 22.6 Å². The van der Waals surface area contributed by atoms with Gasteiger partial charge in [-0.25, -0.2) is 0 Å². The van der Waals surface area contributed by atoms with Crippen molar-refractivity contribution in [2.24, 2.45) is 0 Å². The quantitative estimate of drug-likeness (QED) is 0.254. The molecule has 3 heterocycles. The van der Waals surface area contributed by atoms with Gasteiger partial charge in [-0.1, -0.05) is 24.3 Å². The third-order valence-corrected chi connectivity index (χ3v) is 8.00. The lowest BCUT2D eigenvalue weighted by atomic mass is 9.84. The Morgan fingerprint density at radius 3 is 2.64 bits per heavy atom. The molecule has 0 spiro atoms. The number of benzene rings is 2. The number of fused-ring (bicyclic) bond motifs is 6. The van der Waals surface area contributed by atoms with Crippen molar-refractivity contribution >= 4 is 33.0 Å². The monoisotopic (exact) mass is 457 g/mol. The van der Waals surface area contributed by atoms with Gasteiger partial charge in [0.15, 0.2) is 5.78 Å². The number of nitrogens with zero attached hydrogens (tertiary/aromatic N) is 3. The summed E-state index contributed by atoms with van der Waals surface area (Å²) in [7, 11) is 0. The zero-order chi connectivity index (χ0) is 22.7. The van der Waals surface area contributed by atoms with E-state index in [0.29, 0.717) is 23.3 Å². The zero-order valence-corrected chi connectivity index (χ0v) is 18.4. The zero-order valence-electron chi connectivity index (χ0n) is 17.6. The van der Waals surface area contributed by atoms with Gasteiger partial charge in [-0.15, -0.1) is 11.3 Å². The van der Waals surface area contributed by atoms with Gasteiger partial charge in [0.2, 0.25) is 0 Å². The summed E-state index contributed by atoms with van der Waals surface area (Å²) in [5.41, 5.74) is 2.99. The van der Waals surface area contributed by atoms with Crippen LogP contribution in [0.5, 0.6) is 0 Å². The summed E-state index contributed by atoms with van der Waals surface area (Å²) >= 11 is 1.65. The van der Waals surface area contributed by atoms with Crippen molar-refractivity contribution in [2.75, 3.05) is 0 Å². The molecule has 1 atom stereocenters. The fourth-order valence-corrected chi connectivity index (χ4v) is 6.49. The van der Waals surface area contributed by atoms with Crippen LogP contribution in [0.1, 0.15) is 56.5 Å². The molecule has 2 aliphatic rings. The molecule has 33 heavy (non-hydrogen) atoms. The number of rotatable bonds is 3. The van der Waals surface area contributed by atoms with Crippen molar-refractivity contribution in [3.05, 3.63) is 102 Å². The summed E-state index contributed by atoms with van der Waals surface area (Å²) in [6, 6.07) is 13.4. The molecule has 1 aliphatic carbocycles. The molecule has 1 aliphatic heterocycles. The van der Waals surface area contributed by atoms with E-state index in [1.165, 1.54) is 29.1 Å². The maximum atomic E-state index is 13.7. The van der Waals surface area contributed by atoms with Gasteiger partial charge < -0.3 is 4.57 Å². The lowest BCUT2D eigenvalue weighted by Gasteiger charge is -2.28. The second-order valence-electron chi connectivity index (χ2n) is 8.55. The van der Waals surface area contributed by atoms with Crippen LogP contribution in [0.15, 0.2) is 53.3 Å². The minimum absolute atomic E-state index is 0.0730. The average molecular weight is 458 g/mol. The first kappa shape index (κ1) is 20.0. The van der Waals surface area contributed by atoms with E-state index in [0.717, 1.165) is 47.2 Å². The minimum atomic E-state index is -0.743. The van der Waals surface area contributed by atoms with Gasteiger partial charge in [0.1, 0.15) is 16.6 Å². The molecule has 0 radical (unpaired) electrons. The first-order valence-electron chi connectivity index (χ1n) is 10.9. The highest BCUT2D eigenvalue weighted by Crippen LogP contribution is 2.40. The number of Topliss-reactive ketones (excluding diaryl/α,β-unsaturated/α-hetero) is 1. The van der Waals surface area contributed by atoms with E-state index in [9.17, 15) is 19.7 Å². The lowest BCUT2D eigenvalue weighted by molar-refractivity contribution is -0.384. The number of ketones is 1. The van der Waals surface area contributed by atoms with Gasteiger partial charge >= 0.3 is 0 Å². The third-order valence-electron chi connectivity index (χ3n) is 6.68. The molecule has 0 saturated carbocycles. The van der Waals surface area contributed by atoms with Crippen LogP contribution in [0.4, 0.5) is 5.69 Å². The van der Waals surface area contributed by atoms with Crippen LogP contribution in [-0.2, 0) is 19.4 Å². The second kappa shape index (κ2) is 7.45. The number of non-ortho nitro benzene ring substituents is 1. The van der Waals surface area contributed by atoms with E-state index in [1.807, 2.05) is 28.8 Å². The fourth-order valence-electron chi connectivity index (χ4n) is 5.10. The van der Waals surface area contributed by atoms with Crippen LogP contribution >= 0.6 is 11.3 Å². The molecular weight excluding hydrogens is 438 g/mol. The summed E-state index contributed by atoms with van der Waals surface area (Å²) in [4.78, 5) is 44.1. The standard InChI is InChI=1S/C25H19N3O4S/c29-22(14-9-11-16(12-10-14)28(31)32)20-17-6-2-1-5-15(17)13-27-23(20)26-24(30)21-18-7-3-4-8-19(18)33-25(21)27/h1-2,5-6,9-12,20H,3-4,7-8,13H2/t20-/m0/s1. The number of aryl methyl sites for hydroxylation is 2. The van der Waals surface area contributed by atoms with Crippen molar-refractivity contribution in [1.82, 2.24) is 9.55 Å². The largest absolute Gasteiger partial charge is 0.315 e. The van der Waals surface area contributed by atoms with Crippen LogP contribution in [0.25, 0.3) is 10.2 Å². The molecule has 8 heteroatoms. The number of thiophene rings is 1. The van der Waals surface area contributed by atoms with Crippen molar-refractivity contribution in [3.63, 3.8) is 0 Å². The molecule has 6 rings (SSSR count). The third kappa shape index (κ3) is 3.05. The van der Waals surface area contributed by atoms with Crippen LogP contribution in [0, 0.1) is 10.1 Å². The van der Waals surface area contributed by atoms with Gasteiger partial charge in [-0.2, -0.15) is 4.98 Å². The van der Waals surface area contributed by atoms with Crippen molar-refractivity contribution in [1.29, 1.82) is 0 Å². The average Bonchev–Trinajstić information content (AvgIpc) is 3.23. The van der Waals surface area contributed by atoms with E-state index in [2.05, 4.69) is 4.98 Å². The molecule has 0 unspecified atom stereocenters. The number of carbonyl (C=O) groups is 1. The molecule has 0 fully saturated rings. The molecular formula is C25H19N3O4S. The molecule has 0 bridgehead atoms. The molecule has 2 aromatic carbocycles. The second-order valence-corrected chi connectivity index (χ2v) is 9.64. The summed E-state index contributed by atoms with van der Waals surface area (Å²) in [5, 5.41) is 11.7. The SMILES string of the molecule is O=C(c1ccc([N+](=O)[O-])cc1)[C@@H]1c2ccccc2Cn2c1nc(=O)c1c3c(sc12)CCCC3. The molecule has 4 aromatic rings. The van der Waals surface area contributed by atoms with E-state index in [1.54, 1.807) is 11.3 Å². The Morgan fingerprint density at radius 2 is 1.85 bits per heavy atom. The summed E-state index contributed by atoms with van der Waals surface area (Å²) in [6.45, 7) is 0.554. The topological polar surface area (TPSA) is 95.1 Å². The molecule has 0 N–H and O–H groups in total. The van der Waals surface area contributed by atoms with Gasteiger partial charge in [-0.05, 0) is 54.5 Å². The Hall–Kier alpha value is -3.65. The highest BCUT2D eigenvalue weighted by molar-refractivity contribution is 7.18. The molecule has 2 aromatic heterocycles. The van der Waals surface area contributed by atoms with Gasteiger partial charge in [0.05, 0.1) is 16.9 Å². The van der Waals surface area contributed by atoms with Crippen molar-refractivity contribution in [2.45, 2.75) is 38.1 Å². The number of hydrogen-bond donors (Lipinski definition) is 0. The highest BCUT2D eigenvalue weighted by atomic mass is 32.1. The summed E-state index contributed by atoms with van der Waals surface area (Å²) in [6.07, 6.45) is 4.07. The number of hydrogen-bond acceptors (Lipinski definition) is 6. The van der Waals surface area contributed by atoms with E-state index >= 15 is 0 Å². The Balaban J connectivity index is 1.57. The minimum Gasteiger partial charge on any atom is -0.315 e. The molecule has 0 amide bonds. The first-order chi connectivity index (χ1) is 16.0. The maximum absolute atomic E-state index is 13.7. The molecule has 164 valence electrons. The summed E-state index contributed by atoms with van der Waals surface area (Å²) < 4.78 is 2.04. The molecule has 7 nitrogen and oxygen atoms in total. The first-order valence-corrected chi connectivity index (χ1v) is 11.8. The van der Waals surface area contributed by atoms with Crippen LogP contribution in [0.2, 0.25) is 0 Å². The lowest BCUT2D eigenvalue weighted by Crippen LogP contribution is -2.30. The smallest absolute Gasteiger partial charge is 0.282 e. The van der Waals surface area contributed by atoms with Gasteiger partial charge in [-0.3, -0.25) is 19.7 Å². The normalized spacial score (nSPS) is 16.7. The number of carbonyl (C=O) groups excluding carboxylic acids is 1. The van der Waals surface area contributed by atoms with E-state index in [-0.39, 0.29) is 17.0 Å². The van der Waals surface area contributed by atoms with E-state index < -0.39 is 10.8 Å². The predicted molar refractivity (Wildman–Crippen MR) is 125 cm³/mol. The van der Waals surface area contributed by atoms with Gasteiger partial charge in [0.25, 0.3) is 11.2 Å². The van der Waals surface area contributed by atoms with Crippen LogP contribution < -0.4 is 5.56 Å². The Labute approximate surface area is 192 Å². The Bertz CT molecular complexity index is 1520. The Morgan fingerprint density at radius 1 is 1.09 bits per heavy atom. The Kier molecular flexibility index (Phi) is 4.51. The number of nitro groups is 1. The van der Waals surface area contributed by atoms with Crippen molar-refractivity contribution in [3.8, 4) is 0 Å². The van der Waals surface area contributed by atoms with Crippen molar-refractivity contribution < 1.29 is 9.72 Å². The number of nitro benzene ring substituents is 1. The predicted octanol–water partition coefficient (Wildman–Crippen LogP) is 4.62. The highest BCUT2D eigenvalue weighted by Gasteiger charge is 2.35. The molecule has 0 saturated heterocycles. The van der Waals surface area contributed by atoms with Crippen LogP contribution in [-0.4, -0.2) is 20.3 Å². The van der Waals surface area contributed by atoms with Crippen LogP contribution in [0.3, 0.4) is 0 Å². The fraction of sp³-hybridized carbons (Fsp3) is 0.240.